The summed E-state index contributed by atoms with van der Waals surface area (Å²) in [6, 6.07) is 0. The van der Waals surface area contributed by atoms with E-state index in [-0.39, 0.29) is 17.9 Å². The standard InChI is InChI=1S/C11H24N2O4S/c1-3-17-7-8-18(14,15)13-9-11(10-16-2)5-4-6-12-11/h12-13H,3-10H2,1-2H3. The van der Waals surface area contributed by atoms with Crippen molar-refractivity contribution in [2.75, 3.05) is 45.8 Å². The Morgan fingerprint density at radius 3 is 2.78 bits per heavy atom. The highest BCUT2D eigenvalue weighted by Crippen LogP contribution is 2.19. The third-order valence-corrected chi connectivity index (χ3v) is 4.37. The number of ether oxygens (including phenoxy) is 2. The smallest absolute Gasteiger partial charge is 0.213 e. The summed E-state index contributed by atoms with van der Waals surface area (Å²) < 4.78 is 36.4. The van der Waals surface area contributed by atoms with Crippen LogP contribution in [-0.4, -0.2) is 59.7 Å². The van der Waals surface area contributed by atoms with Crippen LogP contribution in [0.2, 0.25) is 0 Å². The van der Waals surface area contributed by atoms with Gasteiger partial charge in [-0.3, -0.25) is 0 Å². The van der Waals surface area contributed by atoms with Crippen LogP contribution in [0, 0.1) is 0 Å². The molecule has 0 spiro atoms. The van der Waals surface area contributed by atoms with Gasteiger partial charge < -0.3 is 14.8 Å². The summed E-state index contributed by atoms with van der Waals surface area (Å²) in [4.78, 5) is 0. The first-order valence-electron chi connectivity index (χ1n) is 6.33. The first-order valence-corrected chi connectivity index (χ1v) is 7.98. The fraction of sp³-hybridized carbons (Fsp3) is 1.00. The van der Waals surface area contributed by atoms with E-state index >= 15 is 0 Å². The molecule has 1 aliphatic heterocycles. The van der Waals surface area contributed by atoms with Crippen LogP contribution in [0.5, 0.6) is 0 Å². The lowest BCUT2D eigenvalue weighted by Gasteiger charge is -2.28. The Hall–Kier alpha value is -0.210. The first-order chi connectivity index (χ1) is 8.54. The van der Waals surface area contributed by atoms with E-state index < -0.39 is 10.0 Å². The quantitative estimate of drug-likeness (QED) is 0.568. The topological polar surface area (TPSA) is 76.7 Å². The first kappa shape index (κ1) is 15.8. The van der Waals surface area contributed by atoms with Gasteiger partial charge in [-0.05, 0) is 26.3 Å². The van der Waals surface area contributed by atoms with Crippen molar-refractivity contribution in [2.24, 2.45) is 0 Å². The van der Waals surface area contributed by atoms with E-state index in [9.17, 15) is 8.42 Å². The summed E-state index contributed by atoms with van der Waals surface area (Å²) in [5, 5.41) is 3.33. The third kappa shape index (κ3) is 5.19. The lowest BCUT2D eigenvalue weighted by atomic mass is 9.99. The maximum absolute atomic E-state index is 11.7. The van der Waals surface area contributed by atoms with E-state index in [1.165, 1.54) is 0 Å². The molecular weight excluding hydrogens is 256 g/mol. The highest BCUT2D eigenvalue weighted by Gasteiger charge is 2.34. The molecule has 0 amide bonds. The van der Waals surface area contributed by atoms with Crippen LogP contribution >= 0.6 is 0 Å². The number of methoxy groups -OCH3 is 1. The Labute approximate surface area is 109 Å². The minimum absolute atomic E-state index is 0.00387. The molecule has 0 bridgehead atoms. The van der Waals surface area contributed by atoms with Crippen LogP contribution < -0.4 is 10.0 Å². The van der Waals surface area contributed by atoms with Crippen molar-refractivity contribution in [3.8, 4) is 0 Å². The van der Waals surface area contributed by atoms with Crippen molar-refractivity contribution >= 4 is 10.0 Å². The largest absolute Gasteiger partial charge is 0.383 e. The summed E-state index contributed by atoms with van der Waals surface area (Å²) in [6.45, 7) is 4.40. The molecule has 0 radical (unpaired) electrons. The second kappa shape index (κ2) is 7.40. The molecule has 7 heteroatoms. The van der Waals surface area contributed by atoms with Gasteiger partial charge in [-0.25, -0.2) is 13.1 Å². The second-order valence-electron chi connectivity index (χ2n) is 4.58. The van der Waals surface area contributed by atoms with Crippen LogP contribution in [0.3, 0.4) is 0 Å². The predicted octanol–water partition coefficient (Wildman–Crippen LogP) is -0.289. The van der Waals surface area contributed by atoms with Crippen LogP contribution in [0.4, 0.5) is 0 Å². The summed E-state index contributed by atoms with van der Waals surface area (Å²) in [7, 11) is -1.64. The third-order valence-electron chi connectivity index (χ3n) is 3.08. The molecule has 0 aromatic rings. The molecule has 1 unspecified atom stereocenters. The Morgan fingerprint density at radius 1 is 1.44 bits per heavy atom. The normalized spacial score (nSPS) is 24.6. The van der Waals surface area contributed by atoms with Gasteiger partial charge in [-0.2, -0.15) is 0 Å². The molecule has 1 fully saturated rings. The van der Waals surface area contributed by atoms with Crippen molar-refractivity contribution in [3.05, 3.63) is 0 Å². The molecular formula is C11H24N2O4S. The molecule has 18 heavy (non-hydrogen) atoms. The zero-order valence-corrected chi connectivity index (χ0v) is 12.0. The zero-order chi connectivity index (χ0) is 13.5. The van der Waals surface area contributed by atoms with Gasteiger partial charge in [0.25, 0.3) is 0 Å². The van der Waals surface area contributed by atoms with Gasteiger partial charge in [0.1, 0.15) is 0 Å². The van der Waals surface area contributed by atoms with E-state index in [2.05, 4.69) is 10.0 Å². The summed E-state index contributed by atoms with van der Waals surface area (Å²) in [6.07, 6.45) is 1.97. The summed E-state index contributed by atoms with van der Waals surface area (Å²) >= 11 is 0. The van der Waals surface area contributed by atoms with Crippen LogP contribution in [0.1, 0.15) is 19.8 Å². The lowest BCUT2D eigenvalue weighted by Crippen LogP contribution is -2.53. The molecule has 1 rings (SSSR count). The average molecular weight is 280 g/mol. The van der Waals surface area contributed by atoms with Gasteiger partial charge >= 0.3 is 0 Å². The van der Waals surface area contributed by atoms with Gasteiger partial charge in [0, 0.05) is 20.3 Å². The van der Waals surface area contributed by atoms with Gasteiger partial charge in [0.15, 0.2) is 0 Å². The van der Waals surface area contributed by atoms with Gasteiger partial charge in [-0.1, -0.05) is 0 Å². The van der Waals surface area contributed by atoms with E-state index in [1.54, 1.807) is 7.11 Å². The number of hydrogen-bond donors (Lipinski definition) is 2. The zero-order valence-electron chi connectivity index (χ0n) is 11.2. The summed E-state index contributed by atoms with van der Waals surface area (Å²) in [5.41, 5.74) is -0.257. The maximum Gasteiger partial charge on any atom is 0.213 e. The van der Waals surface area contributed by atoms with E-state index in [0.29, 0.717) is 19.8 Å². The fourth-order valence-corrected chi connectivity index (χ4v) is 3.08. The maximum atomic E-state index is 11.7. The van der Waals surface area contributed by atoms with Crippen LogP contribution in [0.25, 0.3) is 0 Å². The Bertz CT molecular complexity index is 326. The van der Waals surface area contributed by atoms with Crippen molar-refractivity contribution in [1.82, 2.24) is 10.0 Å². The highest BCUT2D eigenvalue weighted by molar-refractivity contribution is 7.89. The molecule has 0 aromatic heterocycles. The minimum atomic E-state index is -3.27. The molecule has 0 aliphatic carbocycles. The molecule has 1 atom stereocenters. The number of sulfonamides is 1. The van der Waals surface area contributed by atoms with Crippen molar-refractivity contribution in [1.29, 1.82) is 0 Å². The minimum Gasteiger partial charge on any atom is -0.383 e. The van der Waals surface area contributed by atoms with Gasteiger partial charge in [0.05, 0.1) is 24.5 Å². The van der Waals surface area contributed by atoms with Crippen molar-refractivity contribution in [2.45, 2.75) is 25.3 Å². The molecule has 2 N–H and O–H groups in total. The highest BCUT2D eigenvalue weighted by atomic mass is 32.2. The number of hydrogen-bond acceptors (Lipinski definition) is 5. The molecule has 1 heterocycles. The molecule has 0 aromatic carbocycles. The van der Waals surface area contributed by atoms with Crippen molar-refractivity contribution < 1.29 is 17.9 Å². The fourth-order valence-electron chi connectivity index (χ4n) is 2.10. The molecule has 0 saturated carbocycles. The molecule has 108 valence electrons. The Balaban J connectivity index is 2.41. The Morgan fingerprint density at radius 2 is 2.22 bits per heavy atom. The average Bonchev–Trinajstić information content (AvgIpc) is 2.77. The summed E-state index contributed by atoms with van der Waals surface area (Å²) in [5.74, 6) is 0.00387. The molecule has 6 nitrogen and oxygen atoms in total. The molecule has 1 saturated heterocycles. The number of rotatable bonds is 9. The SMILES string of the molecule is CCOCCS(=O)(=O)NCC1(COC)CCCN1. The van der Waals surface area contributed by atoms with Gasteiger partial charge in [0.2, 0.25) is 10.0 Å². The number of nitrogens with one attached hydrogen (secondary N) is 2. The van der Waals surface area contributed by atoms with E-state index in [4.69, 9.17) is 9.47 Å². The van der Waals surface area contributed by atoms with Crippen LogP contribution in [0.15, 0.2) is 0 Å². The van der Waals surface area contributed by atoms with E-state index in [0.717, 1.165) is 19.4 Å². The molecule has 1 aliphatic rings. The lowest BCUT2D eigenvalue weighted by molar-refractivity contribution is 0.122. The monoisotopic (exact) mass is 280 g/mol. The van der Waals surface area contributed by atoms with E-state index in [1.807, 2.05) is 6.92 Å². The predicted molar refractivity (Wildman–Crippen MR) is 70.1 cm³/mol. The van der Waals surface area contributed by atoms with Crippen LogP contribution in [-0.2, 0) is 19.5 Å². The van der Waals surface area contributed by atoms with Crippen molar-refractivity contribution in [3.63, 3.8) is 0 Å². The van der Waals surface area contributed by atoms with Gasteiger partial charge in [-0.15, -0.1) is 0 Å². The second-order valence-corrected chi connectivity index (χ2v) is 6.51. The Kier molecular flexibility index (Phi) is 6.51.